The van der Waals surface area contributed by atoms with Crippen LogP contribution in [0, 0.1) is 0 Å². The van der Waals surface area contributed by atoms with Gasteiger partial charge < -0.3 is 0 Å². The highest BCUT2D eigenvalue weighted by molar-refractivity contribution is 6.64. The lowest BCUT2D eigenvalue weighted by Crippen LogP contribution is -2.48. The van der Waals surface area contributed by atoms with Crippen molar-refractivity contribution in [3.8, 4) is 11.1 Å². The van der Waals surface area contributed by atoms with E-state index in [1.54, 1.807) is 0 Å². The topological polar surface area (TPSA) is 0 Å². The molecule has 0 aromatic heterocycles. The molecule has 2 aromatic rings. The standard InChI is InChI=1S/C12H18B8/c13-3-1-4(14)10(18)7(9(3)17)8-11(19)5(15)2-6(16)12(8)20/h1-2H,13-20H2. The maximum atomic E-state index is 2.31. The van der Waals surface area contributed by atoms with Crippen molar-refractivity contribution in [2.75, 3.05) is 0 Å². The predicted molar refractivity (Wildman–Crippen MR) is 117 cm³/mol. The fourth-order valence-electron chi connectivity index (χ4n) is 3.18. The normalized spacial score (nSPS) is 10.6. The Balaban J connectivity index is 2.96. The molecular formula is C12H18B8. The van der Waals surface area contributed by atoms with Crippen LogP contribution in [0.1, 0.15) is 0 Å². The van der Waals surface area contributed by atoms with Crippen LogP contribution in [0.25, 0.3) is 11.1 Å². The maximum Gasteiger partial charge on any atom is 0.139 e. The van der Waals surface area contributed by atoms with Crippen molar-refractivity contribution in [1.29, 1.82) is 0 Å². The first-order valence-electron chi connectivity index (χ1n) is 7.40. The van der Waals surface area contributed by atoms with Gasteiger partial charge in [0, 0.05) is 0 Å². The molecule has 2 rings (SSSR count). The monoisotopic (exact) mass is 250 g/mol. The molecule has 90 valence electrons. The Morgan fingerprint density at radius 3 is 0.800 bits per heavy atom. The molecule has 0 aliphatic heterocycles. The summed E-state index contributed by atoms with van der Waals surface area (Å²) in [7, 11) is 17.9. The molecule has 0 amide bonds. The third kappa shape index (κ3) is 2.34. The summed E-state index contributed by atoms with van der Waals surface area (Å²) in [6.45, 7) is 0. The molecule has 0 saturated carbocycles. The zero-order chi connectivity index (χ0) is 15.2. The van der Waals surface area contributed by atoms with E-state index in [0.29, 0.717) is 0 Å². The largest absolute Gasteiger partial charge is 0.139 e. The van der Waals surface area contributed by atoms with Crippen molar-refractivity contribution in [3.63, 3.8) is 0 Å². The summed E-state index contributed by atoms with van der Waals surface area (Å²) in [6.07, 6.45) is 0. The Hall–Kier alpha value is -1.04. The van der Waals surface area contributed by atoms with Crippen LogP contribution in [0.15, 0.2) is 12.1 Å². The summed E-state index contributed by atoms with van der Waals surface area (Å²) in [5, 5.41) is 0. The zero-order valence-corrected chi connectivity index (χ0v) is 14.2. The van der Waals surface area contributed by atoms with Crippen LogP contribution in [0.5, 0.6) is 0 Å². The Labute approximate surface area is 130 Å². The lowest BCUT2D eigenvalue weighted by Gasteiger charge is -2.23. The molecule has 0 saturated heterocycles. The lowest BCUT2D eigenvalue weighted by molar-refractivity contribution is 1.86. The van der Waals surface area contributed by atoms with Gasteiger partial charge in [0.05, 0.1) is 0 Å². The fourth-order valence-corrected chi connectivity index (χ4v) is 3.18. The summed E-state index contributed by atoms with van der Waals surface area (Å²) in [5.74, 6) is 0. The van der Waals surface area contributed by atoms with E-state index in [0.717, 1.165) is 0 Å². The van der Waals surface area contributed by atoms with Gasteiger partial charge in [-0.05, 0) is 11.1 Å². The molecule has 0 spiro atoms. The second kappa shape index (κ2) is 5.39. The quantitative estimate of drug-likeness (QED) is 0.440. The van der Waals surface area contributed by atoms with Crippen LogP contribution in [-0.2, 0) is 0 Å². The molecule has 0 aliphatic carbocycles. The lowest BCUT2D eigenvalue weighted by atomic mass is 9.60. The molecule has 0 N–H and O–H groups in total. The molecule has 0 nitrogen and oxygen atoms in total. The van der Waals surface area contributed by atoms with Crippen LogP contribution in [0.3, 0.4) is 0 Å². The third-order valence-electron chi connectivity index (χ3n) is 4.98. The van der Waals surface area contributed by atoms with E-state index in [-0.39, 0.29) is 0 Å². The van der Waals surface area contributed by atoms with E-state index in [9.17, 15) is 0 Å². The van der Waals surface area contributed by atoms with Crippen LogP contribution >= 0.6 is 0 Å². The van der Waals surface area contributed by atoms with E-state index in [1.165, 1.54) is 54.8 Å². The molecule has 0 heterocycles. The van der Waals surface area contributed by atoms with E-state index < -0.39 is 0 Å². The molecule has 8 heteroatoms. The van der Waals surface area contributed by atoms with E-state index in [4.69, 9.17) is 0 Å². The van der Waals surface area contributed by atoms with Crippen molar-refractivity contribution in [1.82, 2.24) is 0 Å². The molecule has 0 radical (unpaired) electrons. The summed E-state index contributed by atoms with van der Waals surface area (Å²) in [4.78, 5) is 0. The summed E-state index contributed by atoms with van der Waals surface area (Å²) in [6, 6.07) is 4.61. The SMILES string of the molecule is Bc1cc(B)c(B)c(-c2c(B)c(B)cc(B)c2B)c1B. The van der Waals surface area contributed by atoms with E-state index in [1.807, 2.05) is 0 Å². The zero-order valence-electron chi connectivity index (χ0n) is 14.2. The molecule has 2 aromatic carbocycles. The highest BCUT2D eigenvalue weighted by Gasteiger charge is 2.15. The van der Waals surface area contributed by atoms with Gasteiger partial charge in [-0.1, -0.05) is 55.8 Å². The van der Waals surface area contributed by atoms with Gasteiger partial charge in [-0.3, -0.25) is 0 Å². The minimum absolute atomic E-state index is 1.39. The van der Waals surface area contributed by atoms with Crippen molar-refractivity contribution < 1.29 is 0 Å². The first-order valence-corrected chi connectivity index (χ1v) is 7.40. The Morgan fingerprint density at radius 1 is 0.400 bits per heavy atom. The van der Waals surface area contributed by atoms with Gasteiger partial charge in [0.2, 0.25) is 0 Å². The van der Waals surface area contributed by atoms with Gasteiger partial charge in [0.15, 0.2) is 0 Å². The smallest absolute Gasteiger partial charge is 0.0951 e. The fraction of sp³-hybridized carbons (Fsp3) is 0. The molecule has 0 aliphatic rings. The number of benzene rings is 2. The highest BCUT2D eigenvalue weighted by atomic mass is 14.1. The first-order chi connectivity index (χ1) is 9.25. The molecule has 0 bridgehead atoms. The summed E-state index contributed by atoms with van der Waals surface area (Å²) >= 11 is 0. The second-order valence-electron chi connectivity index (χ2n) is 6.27. The van der Waals surface area contributed by atoms with Gasteiger partial charge in [0.1, 0.15) is 62.8 Å². The van der Waals surface area contributed by atoms with Crippen molar-refractivity contribution in [2.45, 2.75) is 0 Å². The predicted octanol–water partition coefficient (Wildman–Crippen LogP) is -10.6. The summed E-state index contributed by atoms with van der Waals surface area (Å²) in [5.41, 5.74) is 14.1. The highest BCUT2D eigenvalue weighted by Crippen LogP contribution is 2.05. The minimum Gasteiger partial charge on any atom is -0.0951 e. The molecule has 20 heavy (non-hydrogen) atoms. The Morgan fingerprint density at radius 2 is 0.600 bits per heavy atom. The van der Waals surface area contributed by atoms with Crippen LogP contribution in [-0.4, -0.2) is 62.8 Å². The maximum absolute atomic E-state index is 2.31. The average Bonchev–Trinajstić information content (AvgIpc) is 2.38. The van der Waals surface area contributed by atoms with Gasteiger partial charge in [-0.2, -0.15) is 0 Å². The minimum atomic E-state index is 1.39. The van der Waals surface area contributed by atoms with E-state index in [2.05, 4.69) is 74.9 Å². The van der Waals surface area contributed by atoms with Crippen LogP contribution in [0.4, 0.5) is 0 Å². The van der Waals surface area contributed by atoms with Crippen molar-refractivity contribution in [3.05, 3.63) is 12.1 Å². The van der Waals surface area contributed by atoms with Crippen molar-refractivity contribution >= 4 is 106 Å². The van der Waals surface area contributed by atoms with Crippen LogP contribution in [0.2, 0.25) is 0 Å². The third-order valence-corrected chi connectivity index (χ3v) is 4.98. The Bertz CT molecular complexity index is 594. The van der Waals surface area contributed by atoms with Gasteiger partial charge in [-0.25, -0.2) is 0 Å². The number of hydrogen-bond acceptors (Lipinski definition) is 0. The number of rotatable bonds is 1. The van der Waals surface area contributed by atoms with Gasteiger partial charge >= 0.3 is 0 Å². The summed E-state index contributed by atoms with van der Waals surface area (Å²) < 4.78 is 0. The Kier molecular flexibility index (Phi) is 4.14. The van der Waals surface area contributed by atoms with E-state index >= 15 is 0 Å². The molecule has 0 fully saturated rings. The van der Waals surface area contributed by atoms with Gasteiger partial charge in [-0.15, -0.1) is 0 Å². The van der Waals surface area contributed by atoms with Gasteiger partial charge in [0.25, 0.3) is 0 Å². The van der Waals surface area contributed by atoms with Crippen LogP contribution < -0.4 is 43.7 Å². The van der Waals surface area contributed by atoms with Crippen molar-refractivity contribution in [2.24, 2.45) is 0 Å². The second-order valence-corrected chi connectivity index (χ2v) is 6.27. The average molecular weight is 249 g/mol. The molecule has 0 unspecified atom stereocenters. The molecular weight excluding hydrogens is 231 g/mol. The number of hydrogen-bond donors (Lipinski definition) is 0. The first kappa shape index (κ1) is 15.4. The molecule has 0 atom stereocenters.